The largest absolute Gasteiger partial charge is 0.497 e. The summed E-state index contributed by atoms with van der Waals surface area (Å²) in [5.41, 5.74) is 2.45. The van der Waals surface area contributed by atoms with Crippen LogP contribution >= 0.6 is 23.5 Å². The van der Waals surface area contributed by atoms with Gasteiger partial charge in [-0.15, -0.1) is 0 Å². The van der Waals surface area contributed by atoms with Gasteiger partial charge in [-0.3, -0.25) is 4.79 Å². The highest BCUT2D eigenvalue weighted by molar-refractivity contribution is 8.00. The third kappa shape index (κ3) is 5.36. The summed E-state index contributed by atoms with van der Waals surface area (Å²) in [7, 11) is 1.61. The molecule has 4 nitrogen and oxygen atoms in total. The average molecular weight is 421 g/mol. The number of ether oxygens (including phenoxy) is 1. The molecule has 1 heterocycles. The number of carbonyl (C=O) groups is 1. The number of methoxy groups -OCH3 is 1. The molecule has 0 unspecified atom stereocenters. The van der Waals surface area contributed by atoms with Crippen LogP contribution in [0.15, 0.2) is 58.5 Å². The van der Waals surface area contributed by atoms with Gasteiger partial charge < -0.3 is 10.1 Å². The molecule has 0 saturated heterocycles. The van der Waals surface area contributed by atoms with Gasteiger partial charge in [0.1, 0.15) is 5.75 Å². The fourth-order valence-corrected chi connectivity index (χ4v) is 3.88. The van der Waals surface area contributed by atoms with Crippen molar-refractivity contribution in [1.29, 1.82) is 0 Å². The maximum Gasteiger partial charge on any atom is 0.288 e. The number of aromatic nitrogens is 1. The molecule has 3 rings (SSSR count). The summed E-state index contributed by atoms with van der Waals surface area (Å²) >= 11 is 1.81. The quantitative estimate of drug-likeness (QED) is 0.505. The molecule has 146 valence electrons. The fourth-order valence-electron chi connectivity index (χ4n) is 2.61. The molecule has 1 aromatic heterocycles. The van der Waals surface area contributed by atoms with E-state index in [0.717, 1.165) is 27.2 Å². The number of carbonyl (C=O) groups excluding carboxylic acids is 1. The number of nitrogens with one attached hydrogen (secondary N) is 1. The van der Waals surface area contributed by atoms with Crippen molar-refractivity contribution in [2.45, 2.75) is 22.6 Å². The van der Waals surface area contributed by atoms with Crippen molar-refractivity contribution in [2.75, 3.05) is 18.2 Å². The van der Waals surface area contributed by atoms with Gasteiger partial charge in [0, 0.05) is 22.0 Å². The maximum atomic E-state index is 12.3. The standard InChI is InChI=1S/C20H18F2N2O2S2/c1-12-9-19(24-17-10-14(26-2)5-8-16(12)17)27-11-18(25)23-13-3-6-15(7-4-13)28-20(21)22/h3-10,20H,11H2,1-2H3,(H,23,25). The van der Waals surface area contributed by atoms with E-state index in [9.17, 15) is 13.6 Å². The lowest BCUT2D eigenvalue weighted by atomic mass is 10.1. The lowest BCUT2D eigenvalue weighted by Crippen LogP contribution is -2.14. The van der Waals surface area contributed by atoms with Crippen LogP contribution in [-0.2, 0) is 4.79 Å². The number of pyridine rings is 1. The Morgan fingerprint density at radius 1 is 1.18 bits per heavy atom. The fraction of sp³-hybridized carbons (Fsp3) is 0.200. The zero-order valence-corrected chi connectivity index (χ0v) is 16.9. The highest BCUT2D eigenvalue weighted by atomic mass is 32.2. The Kier molecular flexibility index (Phi) is 6.74. The molecular weight excluding hydrogens is 402 g/mol. The van der Waals surface area contributed by atoms with E-state index in [1.807, 2.05) is 31.2 Å². The van der Waals surface area contributed by atoms with Crippen molar-refractivity contribution in [3.05, 3.63) is 54.1 Å². The van der Waals surface area contributed by atoms with Crippen LogP contribution in [0.5, 0.6) is 5.75 Å². The Balaban J connectivity index is 1.62. The summed E-state index contributed by atoms with van der Waals surface area (Å²) in [6.45, 7) is 2.00. The number of hydrogen-bond acceptors (Lipinski definition) is 5. The van der Waals surface area contributed by atoms with E-state index in [1.54, 1.807) is 31.4 Å². The topological polar surface area (TPSA) is 51.2 Å². The summed E-state index contributed by atoms with van der Waals surface area (Å²) < 4.78 is 29.9. The Hall–Kier alpha value is -2.32. The van der Waals surface area contributed by atoms with Gasteiger partial charge in [-0.25, -0.2) is 4.98 Å². The van der Waals surface area contributed by atoms with E-state index in [1.165, 1.54) is 11.8 Å². The van der Waals surface area contributed by atoms with Crippen LogP contribution in [0.2, 0.25) is 0 Å². The molecule has 8 heteroatoms. The van der Waals surface area contributed by atoms with Gasteiger partial charge in [-0.1, -0.05) is 23.5 Å². The van der Waals surface area contributed by atoms with Crippen molar-refractivity contribution in [2.24, 2.45) is 0 Å². The number of anilines is 1. The van der Waals surface area contributed by atoms with Crippen molar-refractivity contribution in [3.8, 4) is 5.75 Å². The van der Waals surface area contributed by atoms with Crippen molar-refractivity contribution in [3.63, 3.8) is 0 Å². The lowest BCUT2D eigenvalue weighted by molar-refractivity contribution is -0.113. The van der Waals surface area contributed by atoms with Crippen LogP contribution in [0.3, 0.4) is 0 Å². The monoisotopic (exact) mass is 420 g/mol. The van der Waals surface area contributed by atoms with Crippen LogP contribution in [-0.4, -0.2) is 29.5 Å². The zero-order chi connectivity index (χ0) is 20.1. The number of nitrogens with zero attached hydrogens (tertiary/aromatic N) is 1. The van der Waals surface area contributed by atoms with Gasteiger partial charge in [0.15, 0.2) is 0 Å². The summed E-state index contributed by atoms with van der Waals surface area (Å²) in [5, 5.41) is 4.54. The summed E-state index contributed by atoms with van der Waals surface area (Å²) in [6, 6.07) is 14.0. The number of aryl methyl sites for hydroxylation is 1. The summed E-state index contributed by atoms with van der Waals surface area (Å²) in [6.07, 6.45) is 0. The van der Waals surface area contributed by atoms with Crippen LogP contribution in [0, 0.1) is 6.92 Å². The smallest absolute Gasteiger partial charge is 0.288 e. The van der Waals surface area contributed by atoms with Crippen LogP contribution in [0.4, 0.5) is 14.5 Å². The number of fused-ring (bicyclic) bond motifs is 1. The molecule has 0 aliphatic heterocycles. The number of halogens is 2. The molecular formula is C20H18F2N2O2S2. The highest BCUT2D eigenvalue weighted by Gasteiger charge is 2.09. The van der Waals surface area contributed by atoms with Crippen LogP contribution < -0.4 is 10.1 Å². The second kappa shape index (κ2) is 9.25. The molecule has 28 heavy (non-hydrogen) atoms. The number of thioether (sulfide) groups is 2. The van der Waals surface area contributed by atoms with E-state index in [0.29, 0.717) is 22.3 Å². The molecule has 0 spiro atoms. The zero-order valence-electron chi connectivity index (χ0n) is 15.2. The average Bonchev–Trinajstić information content (AvgIpc) is 2.67. The Labute approximate surface area is 170 Å². The van der Waals surface area contributed by atoms with Gasteiger partial charge in [0.2, 0.25) is 5.91 Å². The lowest BCUT2D eigenvalue weighted by Gasteiger charge is -2.09. The second-order valence-corrected chi connectivity index (χ2v) is 7.96. The number of rotatable bonds is 7. The first kappa shape index (κ1) is 20.4. The molecule has 2 aromatic carbocycles. The molecule has 0 bridgehead atoms. The second-order valence-electron chi connectivity index (χ2n) is 5.90. The van der Waals surface area contributed by atoms with Crippen molar-refractivity contribution < 1.29 is 18.3 Å². The number of alkyl halides is 2. The molecule has 0 radical (unpaired) electrons. The molecule has 0 atom stereocenters. The molecule has 0 saturated carbocycles. The minimum Gasteiger partial charge on any atom is -0.497 e. The first-order valence-electron chi connectivity index (χ1n) is 8.37. The third-order valence-corrected chi connectivity index (χ3v) is 5.55. The molecule has 1 N–H and O–H groups in total. The molecule has 1 amide bonds. The molecule has 0 aliphatic rings. The molecule has 0 aliphatic carbocycles. The Morgan fingerprint density at radius 2 is 1.93 bits per heavy atom. The van der Waals surface area contributed by atoms with E-state index in [2.05, 4.69) is 10.3 Å². The van der Waals surface area contributed by atoms with Gasteiger partial charge in [-0.05, 0) is 55.0 Å². The SMILES string of the molecule is COc1ccc2c(C)cc(SCC(=O)Nc3ccc(SC(F)F)cc3)nc2c1. The van der Waals surface area contributed by atoms with Crippen LogP contribution in [0.1, 0.15) is 5.56 Å². The van der Waals surface area contributed by atoms with E-state index in [4.69, 9.17) is 4.74 Å². The maximum absolute atomic E-state index is 12.3. The highest BCUT2D eigenvalue weighted by Crippen LogP contribution is 2.28. The van der Waals surface area contributed by atoms with Gasteiger partial charge >= 0.3 is 0 Å². The number of benzene rings is 2. The predicted molar refractivity (Wildman–Crippen MR) is 111 cm³/mol. The van der Waals surface area contributed by atoms with E-state index in [-0.39, 0.29) is 11.7 Å². The van der Waals surface area contributed by atoms with E-state index < -0.39 is 5.76 Å². The first-order chi connectivity index (χ1) is 13.4. The van der Waals surface area contributed by atoms with Gasteiger partial charge in [0.05, 0.1) is 23.4 Å². The minimum atomic E-state index is -2.46. The van der Waals surface area contributed by atoms with Gasteiger partial charge in [0.25, 0.3) is 5.76 Å². The summed E-state index contributed by atoms with van der Waals surface area (Å²) in [5.74, 6) is -1.73. The van der Waals surface area contributed by atoms with E-state index >= 15 is 0 Å². The Morgan fingerprint density at radius 3 is 2.61 bits per heavy atom. The number of amides is 1. The molecule has 0 fully saturated rings. The Bertz CT molecular complexity index is 982. The number of hydrogen-bond donors (Lipinski definition) is 1. The van der Waals surface area contributed by atoms with Crippen LogP contribution in [0.25, 0.3) is 10.9 Å². The normalized spacial score (nSPS) is 11.0. The van der Waals surface area contributed by atoms with Crippen molar-refractivity contribution in [1.82, 2.24) is 4.98 Å². The minimum absolute atomic E-state index is 0.190. The summed E-state index contributed by atoms with van der Waals surface area (Å²) in [4.78, 5) is 17.2. The molecule has 3 aromatic rings. The van der Waals surface area contributed by atoms with Gasteiger partial charge in [-0.2, -0.15) is 8.78 Å². The third-order valence-electron chi connectivity index (χ3n) is 3.91. The first-order valence-corrected chi connectivity index (χ1v) is 10.2. The van der Waals surface area contributed by atoms with Crippen molar-refractivity contribution >= 4 is 46.0 Å². The predicted octanol–water partition coefficient (Wildman–Crippen LogP) is 5.60.